The van der Waals surface area contributed by atoms with Crippen LogP contribution in [0.2, 0.25) is 0 Å². The molecule has 0 saturated heterocycles. The lowest BCUT2D eigenvalue weighted by Crippen LogP contribution is -2.38. The molecule has 6 nitrogen and oxygen atoms in total. The van der Waals surface area contributed by atoms with Crippen molar-refractivity contribution in [3.63, 3.8) is 0 Å². The molecule has 0 saturated carbocycles. The van der Waals surface area contributed by atoms with Crippen LogP contribution in [-0.2, 0) is 23.0 Å². The molecule has 156 valence electrons. The lowest BCUT2D eigenvalue weighted by atomic mass is 9.95. The topological polar surface area (TPSA) is 69.7 Å². The fourth-order valence-corrected chi connectivity index (χ4v) is 4.82. The van der Waals surface area contributed by atoms with Crippen molar-refractivity contribution in [2.45, 2.75) is 32.9 Å². The SMILES string of the molecule is CC(C)C(c1ccccc1)N(C)C(=O)Nc1cccc2c1CCN(S(C)(=O)=O)C2. The first-order valence-corrected chi connectivity index (χ1v) is 11.7. The fraction of sp³-hybridized carbons (Fsp3) is 0.409. The minimum atomic E-state index is -3.23. The van der Waals surface area contributed by atoms with E-state index in [0.717, 1.165) is 22.4 Å². The van der Waals surface area contributed by atoms with Gasteiger partial charge in [-0.3, -0.25) is 0 Å². The minimum Gasteiger partial charge on any atom is -0.320 e. The van der Waals surface area contributed by atoms with Crippen molar-refractivity contribution in [2.75, 3.05) is 25.2 Å². The molecule has 29 heavy (non-hydrogen) atoms. The second-order valence-electron chi connectivity index (χ2n) is 7.93. The zero-order valence-electron chi connectivity index (χ0n) is 17.4. The number of nitrogens with one attached hydrogen (secondary N) is 1. The number of amides is 2. The number of fused-ring (bicyclic) bond motifs is 1. The number of benzene rings is 2. The van der Waals surface area contributed by atoms with Gasteiger partial charge in [-0.1, -0.05) is 56.3 Å². The molecule has 2 aromatic carbocycles. The van der Waals surface area contributed by atoms with Crippen molar-refractivity contribution < 1.29 is 13.2 Å². The van der Waals surface area contributed by atoms with Gasteiger partial charge in [0.05, 0.1) is 12.3 Å². The Balaban J connectivity index is 1.81. The summed E-state index contributed by atoms with van der Waals surface area (Å²) in [6, 6.07) is 15.5. The number of sulfonamides is 1. The molecule has 0 bridgehead atoms. The molecule has 3 rings (SSSR count). The van der Waals surface area contributed by atoms with Gasteiger partial charge in [0.2, 0.25) is 10.0 Å². The molecular formula is C22H29N3O3S. The summed E-state index contributed by atoms with van der Waals surface area (Å²) in [6.07, 6.45) is 1.81. The second kappa shape index (κ2) is 8.55. The van der Waals surface area contributed by atoms with Crippen LogP contribution in [0.4, 0.5) is 10.5 Å². The number of anilines is 1. The molecule has 1 aliphatic heterocycles. The van der Waals surface area contributed by atoms with Gasteiger partial charge in [-0.2, -0.15) is 4.31 Å². The van der Waals surface area contributed by atoms with E-state index in [1.165, 1.54) is 10.6 Å². The second-order valence-corrected chi connectivity index (χ2v) is 9.91. The van der Waals surface area contributed by atoms with Crippen LogP contribution in [0.15, 0.2) is 48.5 Å². The van der Waals surface area contributed by atoms with Gasteiger partial charge in [0.25, 0.3) is 0 Å². The van der Waals surface area contributed by atoms with E-state index in [4.69, 9.17) is 0 Å². The third kappa shape index (κ3) is 4.79. The smallest absolute Gasteiger partial charge is 0.320 e. The Labute approximate surface area is 173 Å². The molecule has 0 radical (unpaired) electrons. The average Bonchev–Trinajstić information content (AvgIpc) is 2.67. The highest BCUT2D eigenvalue weighted by atomic mass is 32.2. The van der Waals surface area contributed by atoms with E-state index < -0.39 is 10.0 Å². The van der Waals surface area contributed by atoms with Gasteiger partial charge in [0.1, 0.15) is 0 Å². The predicted octanol–water partition coefficient (Wildman–Crippen LogP) is 3.87. The summed E-state index contributed by atoms with van der Waals surface area (Å²) in [5, 5.41) is 3.05. The van der Waals surface area contributed by atoms with Crippen molar-refractivity contribution >= 4 is 21.7 Å². The van der Waals surface area contributed by atoms with Crippen LogP contribution in [0.3, 0.4) is 0 Å². The molecule has 1 heterocycles. The third-order valence-electron chi connectivity index (χ3n) is 5.45. The summed E-state index contributed by atoms with van der Waals surface area (Å²) in [5.74, 6) is 0.251. The zero-order chi connectivity index (χ0) is 21.2. The molecule has 7 heteroatoms. The van der Waals surface area contributed by atoms with Crippen LogP contribution in [0.1, 0.15) is 36.6 Å². The maximum Gasteiger partial charge on any atom is 0.322 e. The molecular weight excluding hydrogens is 386 g/mol. The molecule has 0 aliphatic carbocycles. The first kappa shape index (κ1) is 21.3. The maximum absolute atomic E-state index is 13.0. The van der Waals surface area contributed by atoms with Crippen LogP contribution in [0.25, 0.3) is 0 Å². The molecule has 0 aromatic heterocycles. The third-order valence-corrected chi connectivity index (χ3v) is 6.70. The van der Waals surface area contributed by atoms with E-state index in [-0.39, 0.29) is 18.0 Å². The number of rotatable bonds is 5. The Kier molecular flexibility index (Phi) is 6.29. The molecule has 0 fully saturated rings. The normalized spacial score (nSPS) is 15.6. The highest BCUT2D eigenvalue weighted by molar-refractivity contribution is 7.88. The number of urea groups is 1. The Morgan fingerprint density at radius 3 is 2.41 bits per heavy atom. The van der Waals surface area contributed by atoms with E-state index >= 15 is 0 Å². The summed E-state index contributed by atoms with van der Waals surface area (Å²) in [4.78, 5) is 14.8. The monoisotopic (exact) mass is 415 g/mol. The Bertz CT molecular complexity index is 974. The Hall–Kier alpha value is -2.38. The van der Waals surface area contributed by atoms with Gasteiger partial charge in [0.15, 0.2) is 0 Å². The van der Waals surface area contributed by atoms with Crippen molar-refractivity contribution in [3.8, 4) is 0 Å². The first-order valence-electron chi connectivity index (χ1n) is 9.83. The first-order chi connectivity index (χ1) is 13.7. The average molecular weight is 416 g/mol. The van der Waals surface area contributed by atoms with Gasteiger partial charge in [-0.25, -0.2) is 13.2 Å². The predicted molar refractivity (Wildman–Crippen MR) is 116 cm³/mol. The summed E-state index contributed by atoms with van der Waals surface area (Å²) >= 11 is 0. The highest BCUT2D eigenvalue weighted by Gasteiger charge is 2.27. The van der Waals surface area contributed by atoms with E-state index in [9.17, 15) is 13.2 Å². The molecule has 2 aromatic rings. The van der Waals surface area contributed by atoms with Crippen molar-refractivity contribution in [3.05, 3.63) is 65.2 Å². The molecule has 1 aliphatic rings. The molecule has 1 N–H and O–H groups in total. The van der Waals surface area contributed by atoms with E-state index in [1.54, 1.807) is 4.90 Å². The van der Waals surface area contributed by atoms with Crippen LogP contribution in [-0.4, -0.2) is 43.5 Å². The summed E-state index contributed by atoms with van der Waals surface area (Å²) in [7, 11) is -1.42. The fourth-order valence-electron chi connectivity index (χ4n) is 4.02. The largest absolute Gasteiger partial charge is 0.322 e. The zero-order valence-corrected chi connectivity index (χ0v) is 18.2. The number of carbonyl (C=O) groups excluding carboxylic acids is 1. The van der Waals surface area contributed by atoms with Gasteiger partial charge in [0, 0.05) is 25.8 Å². The Morgan fingerprint density at radius 2 is 1.79 bits per heavy atom. The van der Waals surface area contributed by atoms with Crippen molar-refractivity contribution in [1.29, 1.82) is 0 Å². The van der Waals surface area contributed by atoms with E-state index in [0.29, 0.717) is 19.5 Å². The van der Waals surface area contributed by atoms with E-state index in [2.05, 4.69) is 19.2 Å². The molecule has 2 amide bonds. The van der Waals surface area contributed by atoms with Crippen molar-refractivity contribution in [2.24, 2.45) is 5.92 Å². The molecule has 1 atom stereocenters. The number of hydrogen-bond donors (Lipinski definition) is 1. The number of hydrogen-bond acceptors (Lipinski definition) is 3. The minimum absolute atomic E-state index is 0.0449. The van der Waals surface area contributed by atoms with Crippen LogP contribution >= 0.6 is 0 Å². The summed E-state index contributed by atoms with van der Waals surface area (Å²) in [5.41, 5.74) is 3.79. The lowest BCUT2D eigenvalue weighted by molar-refractivity contribution is 0.186. The van der Waals surface area contributed by atoms with E-state index in [1.807, 2.05) is 55.6 Å². The number of carbonyl (C=O) groups is 1. The lowest BCUT2D eigenvalue weighted by Gasteiger charge is -2.33. The van der Waals surface area contributed by atoms with Crippen LogP contribution < -0.4 is 5.32 Å². The molecule has 0 spiro atoms. The maximum atomic E-state index is 13.0. The quantitative estimate of drug-likeness (QED) is 0.806. The standard InChI is InChI=1S/C22H29N3O3S/c1-16(2)21(17-9-6-5-7-10-17)24(3)22(26)23-20-12-8-11-18-15-25(29(4,27)28)14-13-19(18)20/h5-12,16,21H,13-15H2,1-4H3,(H,23,26). The highest BCUT2D eigenvalue weighted by Crippen LogP contribution is 2.30. The molecule has 1 unspecified atom stereocenters. The van der Waals surface area contributed by atoms with Crippen LogP contribution in [0, 0.1) is 5.92 Å². The Morgan fingerprint density at radius 1 is 1.10 bits per heavy atom. The van der Waals surface area contributed by atoms with Gasteiger partial charge in [-0.15, -0.1) is 0 Å². The van der Waals surface area contributed by atoms with Gasteiger partial charge >= 0.3 is 6.03 Å². The van der Waals surface area contributed by atoms with Crippen LogP contribution in [0.5, 0.6) is 0 Å². The number of nitrogens with zero attached hydrogens (tertiary/aromatic N) is 2. The van der Waals surface area contributed by atoms with Crippen molar-refractivity contribution in [1.82, 2.24) is 9.21 Å². The summed E-state index contributed by atoms with van der Waals surface area (Å²) in [6.45, 7) is 4.97. The summed E-state index contributed by atoms with van der Waals surface area (Å²) < 4.78 is 25.2. The van der Waals surface area contributed by atoms with Gasteiger partial charge in [-0.05, 0) is 35.1 Å². The van der Waals surface area contributed by atoms with Gasteiger partial charge < -0.3 is 10.2 Å².